The molecule has 0 aliphatic carbocycles. The summed E-state index contributed by atoms with van der Waals surface area (Å²) in [4.78, 5) is 26.3. The van der Waals surface area contributed by atoms with Gasteiger partial charge in [0.15, 0.2) is 5.13 Å². The molecule has 0 aliphatic heterocycles. The fourth-order valence-electron chi connectivity index (χ4n) is 4.15. The number of thiazole rings is 1. The van der Waals surface area contributed by atoms with E-state index in [9.17, 15) is 4.79 Å². The van der Waals surface area contributed by atoms with Crippen molar-refractivity contribution in [2.75, 3.05) is 10.6 Å². The van der Waals surface area contributed by atoms with Crippen molar-refractivity contribution in [3.05, 3.63) is 120 Å². The largest absolute Gasteiger partial charge is 0.331 e. The maximum atomic E-state index is 13.4. The molecule has 0 atom stereocenters. The highest BCUT2D eigenvalue weighted by atomic mass is 32.1. The maximum absolute atomic E-state index is 13.4. The first-order valence-electron chi connectivity index (χ1n) is 12.2. The number of benzene rings is 3. The van der Waals surface area contributed by atoms with Crippen molar-refractivity contribution in [1.29, 1.82) is 0 Å². The van der Waals surface area contributed by atoms with Crippen LogP contribution in [0.5, 0.6) is 0 Å². The summed E-state index contributed by atoms with van der Waals surface area (Å²) in [5, 5.41) is 13.4. The molecule has 8 nitrogen and oxygen atoms in total. The van der Waals surface area contributed by atoms with Crippen LogP contribution >= 0.6 is 11.3 Å². The van der Waals surface area contributed by atoms with E-state index in [0.717, 1.165) is 44.5 Å². The highest BCUT2D eigenvalue weighted by molar-refractivity contribution is 7.14. The van der Waals surface area contributed by atoms with Crippen LogP contribution in [0.2, 0.25) is 0 Å². The number of aromatic nitrogens is 5. The SMILES string of the molecule is Cc1ccc(C(=O)Nc2cc(-c3ccccc3)cc(-n3cncn3)c2)cc1Nc1nc(-c2cccnc2)cs1. The first-order chi connectivity index (χ1) is 19.1. The van der Waals surface area contributed by atoms with Gasteiger partial charge >= 0.3 is 0 Å². The van der Waals surface area contributed by atoms with E-state index in [1.165, 1.54) is 17.7 Å². The standard InChI is InChI=1S/C30H23N7OS/c1-20-9-10-22(14-27(20)35-30-36-28(17-39-30)23-8-5-11-31-16-23)29(38)34-25-12-24(21-6-3-2-4-7-21)13-26(15-25)37-19-32-18-33-37/h2-19H,1H3,(H,34,38)(H,35,36). The minimum atomic E-state index is -0.219. The Bertz CT molecular complexity index is 1730. The van der Waals surface area contributed by atoms with Gasteiger partial charge in [0.25, 0.3) is 5.91 Å². The average Bonchev–Trinajstić information content (AvgIpc) is 3.68. The second-order valence-electron chi connectivity index (χ2n) is 8.86. The summed E-state index contributed by atoms with van der Waals surface area (Å²) in [5.41, 5.74) is 7.59. The molecule has 0 aliphatic rings. The number of nitrogens with one attached hydrogen (secondary N) is 2. The van der Waals surface area contributed by atoms with Gasteiger partial charge < -0.3 is 10.6 Å². The molecule has 0 unspecified atom stereocenters. The Morgan fingerprint density at radius 1 is 0.897 bits per heavy atom. The van der Waals surface area contributed by atoms with E-state index in [2.05, 4.69) is 30.7 Å². The molecule has 0 radical (unpaired) electrons. The number of anilines is 3. The Morgan fingerprint density at radius 2 is 1.77 bits per heavy atom. The van der Waals surface area contributed by atoms with Crippen molar-refractivity contribution >= 4 is 33.8 Å². The molecular weight excluding hydrogens is 506 g/mol. The number of amides is 1. The van der Waals surface area contributed by atoms with Crippen molar-refractivity contribution in [2.45, 2.75) is 6.92 Å². The lowest BCUT2D eigenvalue weighted by Gasteiger charge is -2.13. The van der Waals surface area contributed by atoms with Gasteiger partial charge in [0, 0.05) is 40.3 Å². The lowest BCUT2D eigenvalue weighted by Crippen LogP contribution is -2.13. The number of nitrogens with zero attached hydrogens (tertiary/aromatic N) is 5. The van der Waals surface area contributed by atoms with Gasteiger partial charge in [-0.3, -0.25) is 9.78 Å². The van der Waals surface area contributed by atoms with Crippen molar-refractivity contribution in [2.24, 2.45) is 0 Å². The van der Waals surface area contributed by atoms with Crippen LogP contribution in [-0.4, -0.2) is 30.6 Å². The van der Waals surface area contributed by atoms with E-state index >= 15 is 0 Å². The molecule has 9 heteroatoms. The molecule has 6 aromatic rings. The summed E-state index contributed by atoms with van der Waals surface area (Å²) in [6.07, 6.45) is 6.64. The summed E-state index contributed by atoms with van der Waals surface area (Å²) in [6, 6.07) is 25.3. The third-order valence-electron chi connectivity index (χ3n) is 6.17. The van der Waals surface area contributed by atoms with E-state index < -0.39 is 0 Å². The van der Waals surface area contributed by atoms with Crippen LogP contribution in [0.3, 0.4) is 0 Å². The quantitative estimate of drug-likeness (QED) is 0.237. The van der Waals surface area contributed by atoms with Gasteiger partial charge in [-0.1, -0.05) is 36.4 Å². The predicted molar refractivity (Wildman–Crippen MR) is 155 cm³/mol. The molecule has 2 N–H and O–H groups in total. The second kappa shape index (κ2) is 10.7. The molecular formula is C30H23N7OS. The zero-order valence-corrected chi connectivity index (χ0v) is 21.8. The van der Waals surface area contributed by atoms with E-state index in [1.54, 1.807) is 23.4 Å². The Kier molecular flexibility index (Phi) is 6.63. The van der Waals surface area contributed by atoms with Crippen molar-refractivity contribution in [3.8, 4) is 28.1 Å². The van der Waals surface area contributed by atoms with Crippen LogP contribution in [0.25, 0.3) is 28.1 Å². The number of carbonyl (C=O) groups is 1. The summed E-state index contributed by atoms with van der Waals surface area (Å²) in [7, 11) is 0. The van der Waals surface area contributed by atoms with Gasteiger partial charge in [-0.25, -0.2) is 14.6 Å². The summed E-state index contributed by atoms with van der Waals surface area (Å²) >= 11 is 1.50. The van der Waals surface area contributed by atoms with Crippen molar-refractivity contribution < 1.29 is 4.79 Å². The molecule has 1 amide bonds. The summed E-state index contributed by atoms with van der Waals surface area (Å²) in [6.45, 7) is 1.99. The number of carbonyl (C=O) groups excluding carboxylic acids is 1. The molecule has 3 aromatic heterocycles. The van der Waals surface area contributed by atoms with Crippen LogP contribution < -0.4 is 10.6 Å². The molecule has 3 heterocycles. The lowest BCUT2D eigenvalue weighted by atomic mass is 10.0. The smallest absolute Gasteiger partial charge is 0.255 e. The zero-order valence-electron chi connectivity index (χ0n) is 20.9. The summed E-state index contributed by atoms with van der Waals surface area (Å²) < 4.78 is 1.67. The molecule has 190 valence electrons. The fraction of sp³-hybridized carbons (Fsp3) is 0.0333. The fourth-order valence-corrected chi connectivity index (χ4v) is 4.88. The van der Waals surface area contributed by atoms with E-state index in [-0.39, 0.29) is 5.91 Å². The molecule has 3 aromatic carbocycles. The van der Waals surface area contributed by atoms with E-state index in [0.29, 0.717) is 11.3 Å². The van der Waals surface area contributed by atoms with Gasteiger partial charge in [-0.15, -0.1) is 11.3 Å². The lowest BCUT2D eigenvalue weighted by molar-refractivity contribution is 0.102. The number of hydrogen-bond donors (Lipinski definition) is 2. The number of aryl methyl sites for hydroxylation is 1. The Balaban J connectivity index is 1.26. The first kappa shape index (κ1) is 24.2. The van der Waals surface area contributed by atoms with Gasteiger partial charge in [0.2, 0.25) is 0 Å². The summed E-state index contributed by atoms with van der Waals surface area (Å²) in [5.74, 6) is -0.219. The van der Waals surface area contributed by atoms with Crippen LogP contribution in [0.1, 0.15) is 15.9 Å². The van der Waals surface area contributed by atoms with Crippen LogP contribution in [-0.2, 0) is 0 Å². The molecule has 0 bridgehead atoms. The number of pyridine rings is 1. The Labute approximate surface area is 229 Å². The van der Waals surface area contributed by atoms with Crippen LogP contribution in [0, 0.1) is 6.92 Å². The molecule has 0 spiro atoms. The topological polar surface area (TPSA) is 97.6 Å². The van der Waals surface area contributed by atoms with Gasteiger partial charge in [0.05, 0.1) is 11.4 Å². The molecule has 0 fully saturated rings. The minimum Gasteiger partial charge on any atom is -0.331 e. The third kappa shape index (κ3) is 5.43. The van der Waals surface area contributed by atoms with Gasteiger partial charge in [0.1, 0.15) is 12.7 Å². The second-order valence-corrected chi connectivity index (χ2v) is 9.72. The average molecular weight is 530 g/mol. The highest BCUT2D eigenvalue weighted by Gasteiger charge is 2.13. The normalized spacial score (nSPS) is 10.8. The first-order valence-corrected chi connectivity index (χ1v) is 13.1. The molecule has 0 saturated carbocycles. The Hall–Kier alpha value is -5.15. The monoisotopic (exact) mass is 529 g/mol. The van der Waals surface area contributed by atoms with Crippen LogP contribution in [0.4, 0.5) is 16.5 Å². The van der Waals surface area contributed by atoms with E-state index in [1.807, 2.05) is 91.2 Å². The van der Waals surface area contributed by atoms with Gasteiger partial charge in [-0.05, 0) is 66.1 Å². The van der Waals surface area contributed by atoms with Gasteiger partial charge in [-0.2, -0.15) is 5.10 Å². The predicted octanol–water partition coefficient (Wildman–Crippen LogP) is 6.76. The number of hydrogen-bond acceptors (Lipinski definition) is 7. The molecule has 0 saturated heterocycles. The Morgan fingerprint density at radius 3 is 2.56 bits per heavy atom. The molecule has 6 rings (SSSR count). The third-order valence-corrected chi connectivity index (χ3v) is 6.93. The van der Waals surface area contributed by atoms with Crippen LogP contribution in [0.15, 0.2) is 109 Å². The highest BCUT2D eigenvalue weighted by Crippen LogP contribution is 2.30. The zero-order chi connectivity index (χ0) is 26.6. The number of rotatable bonds is 7. The van der Waals surface area contributed by atoms with Crippen molar-refractivity contribution in [3.63, 3.8) is 0 Å². The van der Waals surface area contributed by atoms with E-state index in [4.69, 9.17) is 0 Å². The molecule has 39 heavy (non-hydrogen) atoms. The maximum Gasteiger partial charge on any atom is 0.255 e. The van der Waals surface area contributed by atoms with Crippen molar-refractivity contribution in [1.82, 2.24) is 24.7 Å². The minimum absolute atomic E-state index is 0.219.